The Balaban J connectivity index is 2.55. The van der Waals surface area contributed by atoms with Crippen molar-refractivity contribution in [2.24, 2.45) is 0 Å². The van der Waals surface area contributed by atoms with E-state index in [9.17, 15) is 0 Å². The van der Waals surface area contributed by atoms with E-state index in [0.717, 1.165) is 34.2 Å². The first-order chi connectivity index (χ1) is 9.19. The Morgan fingerprint density at radius 3 is 2.68 bits per heavy atom. The minimum absolute atomic E-state index is 0.584. The molecule has 1 aromatic carbocycles. The first-order valence-electron chi connectivity index (χ1n) is 5.94. The molecule has 0 amide bonds. The molecular weight excluding hydrogens is 282 g/mol. The number of thiazole rings is 1. The van der Waals surface area contributed by atoms with E-state index in [-0.39, 0.29) is 0 Å². The maximum absolute atomic E-state index is 5.86. The maximum Gasteiger partial charge on any atom is 0.128 e. The molecule has 1 heterocycles. The molecule has 0 spiro atoms. The molecule has 0 aliphatic rings. The summed E-state index contributed by atoms with van der Waals surface area (Å²) in [7, 11) is 3.31. The number of hydrogen-bond donors (Lipinski definition) is 0. The maximum atomic E-state index is 5.86. The van der Waals surface area contributed by atoms with E-state index >= 15 is 0 Å². The average molecular weight is 298 g/mol. The normalized spacial score (nSPS) is 10.5. The van der Waals surface area contributed by atoms with E-state index in [0.29, 0.717) is 5.88 Å². The molecule has 3 nitrogen and oxygen atoms in total. The molecule has 0 aliphatic carbocycles. The fourth-order valence-electron chi connectivity index (χ4n) is 1.93. The number of aryl methyl sites for hydroxylation is 2. The number of alkyl halides is 1. The average Bonchev–Trinajstić information content (AvgIpc) is 2.79. The first-order valence-corrected chi connectivity index (χ1v) is 7.29. The van der Waals surface area contributed by atoms with Crippen molar-refractivity contribution in [1.82, 2.24) is 4.98 Å². The summed E-state index contributed by atoms with van der Waals surface area (Å²) in [4.78, 5) is 5.79. The SMILES string of the molecule is COc1ccc(OC)c(-c2nc(C)sc2CCCl)c1. The summed E-state index contributed by atoms with van der Waals surface area (Å²) in [5.74, 6) is 2.17. The lowest BCUT2D eigenvalue weighted by Gasteiger charge is -2.10. The van der Waals surface area contributed by atoms with Crippen LogP contribution >= 0.6 is 22.9 Å². The summed E-state index contributed by atoms with van der Waals surface area (Å²) in [5, 5.41) is 1.03. The Morgan fingerprint density at radius 1 is 1.26 bits per heavy atom. The van der Waals surface area contributed by atoms with Gasteiger partial charge in [-0.2, -0.15) is 0 Å². The van der Waals surface area contributed by atoms with Gasteiger partial charge >= 0.3 is 0 Å². The van der Waals surface area contributed by atoms with Gasteiger partial charge in [-0.05, 0) is 31.5 Å². The van der Waals surface area contributed by atoms with Crippen molar-refractivity contribution in [3.05, 3.63) is 28.1 Å². The zero-order chi connectivity index (χ0) is 13.8. The highest BCUT2D eigenvalue weighted by Gasteiger charge is 2.16. The van der Waals surface area contributed by atoms with Crippen LogP contribution in [0, 0.1) is 6.92 Å². The van der Waals surface area contributed by atoms with Crippen molar-refractivity contribution in [2.75, 3.05) is 20.1 Å². The topological polar surface area (TPSA) is 31.4 Å². The van der Waals surface area contributed by atoms with E-state index in [2.05, 4.69) is 4.98 Å². The molecule has 0 N–H and O–H groups in total. The van der Waals surface area contributed by atoms with E-state index in [1.807, 2.05) is 25.1 Å². The van der Waals surface area contributed by atoms with Gasteiger partial charge < -0.3 is 9.47 Å². The fraction of sp³-hybridized carbons (Fsp3) is 0.357. The summed E-state index contributed by atoms with van der Waals surface area (Å²) in [5.41, 5.74) is 1.89. The number of ether oxygens (including phenoxy) is 2. The third-order valence-corrected chi connectivity index (χ3v) is 4.01. The lowest BCUT2D eigenvalue weighted by Crippen LogP contribution is -1.93. The van der Waals surface area contributed by atoms with Gasteiger partial charge in [0, 0.05) is 16.3 Å². The Bertz CT molecular complexity index is 569. The van der Waals surface area contributed by atoms with Crippen molar-refractivity contribution in [3.63, 3.8) is 0 Å². The van der Waals surface area contributed by atoms with E-state index in [1.54, 1.807) is 25.6 Å². The van der Waals surface area contributed by atoms with Crippen molar-refractivity contribution < 1.29 is 9.47 Å². The fourth-order valence-corrected chi connectivity index (χ4v) is 3.19. The number of rotatable bonds is 5. The summed E-state index contributed by atoms with van der Waals surface area (Å²) in [6.45, 7) is 2.00. The standard InChI is InChI=1S/C14H16ClNO2S/c1-9-16-14(13(19-9)6-7-15)11-8-10(17-2)4-5-12(11)18-3/h4-5,8H,6-7H2,1-3H3. The zero-order valence-electron chi connectivity index (χ0n) is 11.2. The van der Waals surface area contributed by atoms with Gasteiger partial charge in [0.1, 0.15) is 11.5 Å². The first kappa shape index (κ1) is 14.2. The summed E-state index contributed by atoms with van der Waals surface area (Å²) < 4.78 is 10.7. The van der Waals surface area contributed by atoms with Crippen LogP contribution in [0.4, 0.5) is 0 Å². The predicted molar refractivity (Wildman–Crippen MR) is 79.8 cm³/mol. The van der Waals surface area contributed by atoms with Crippen LogP contribution in [0.1, 0.15) is 9.88 Å². The van der Waals surface area contributed by atoms with Crippen LogP contribution in [0.25, 0.3) is 11.3 Å². The quantitative estimate of drug-likeness (QED) is 0.784. The van der Waals surface area contributed by atoms with Crippen LogP contribution in [-0.4, -0.2) is 25.1 Å². The molecule has 0 fully saturated rings. The Labute approximate surface area is 122 Å². The molecule has 0 bridgehead atoms. The van der Waals surface area contributed by atoms with Crippen LogP contribution in [-0.2, 0) is 6.42 Å². The number of hydrogen-bond acceptors (Lipinski definition) is 4. The van der Waals surface area contributed by atoms with Crippen molar-refractivity contribution >= 4 is 22.9 Å². The molecule has 2 rings (SSSR count). The molecule has 5 heteroatoms. The van der Waals surface area contributed by atoms with Gasteiger partial charge in [-0.3, -0.25) is 0 Å². The molecule has 0 saturated carbocycles. The summed E-state index contributed by atoms with van der Waals surface area (Å²) >= 11 is 7.53. The molecule has 2 aromatic rings. The number of methoxy groups -OCH3 is 2. The van der Waals surface area contributed by atoms with Crippen LogP contribution in [0.2, 0.25) is 0 Å². The van der Waals surface area contributed by atoms with Gasteiger partial charge in [-0.1, -0.05) is 0 Å². The smallest absolute Gasteiger partial charge is 0.128 e. The molecule has 0 saturated heterocycles. The molecular formula is C14H16ClNO2S. The highest BCUT2D eigenvalue weighted by Crippen LogP contribution is 2.37. The van der Waals surface area contributed by atoms with E-state index < -0.39 is 0 Å². The Hall–Kier alpha value is -1.26. The number of aromatic nitrogens is 1. The number of halogens is 1. The van der Waals surface area contributed by atoms with Crippen LogP contribution in [0.3, 0.4) is 0 Å². The van der Waals surface area contributed by atoms with Gasteiger partial charge in [0.25, 0.3) is 0 Å². The molecule has 0 radical (unpaired) electrons. The third-order valence-electron chi connectivity index (χ3n) is 2.79. The lowest BCUT2D eigenvalue weighted by molar-refractivity contribution is 0.404. The molecule has 102 valence electrons. The van der Waals surface area contributed by atoms with Gasteiger partial charge in [-0.25, -0.2) is 4.98 Å². The Morgan fingerprint density at radius 2 is 2.05 bits per heavy atom. The predicted octanol–water partition coefficient (Wildman–Crippen LogP) is 3.92. The monoisotopic (exact) mass is 297 g/mol. The third kappa shape index (κ3) is 3.01. The minimum Gasteiger partial charge on any atom is -0.497 e. The van der Waals surface area contributed by atoms with E-state index in [4.69, 9.17) is 21.1 Å². The number of benzene rings is 1. The van der Waals surface area contributed by atoms with Crippen LogP contribution < -0.4 is 9.47 Å². The number of nitrogens with zero attached hydrogens (tertiary/aromatic N) is 1. The zero-order valence-corrected chi connectivity index (χ0v) is 12.8. The van der Waals surface area contributed by atoms with Gasteiger partial charge in [-0.15, -0.1) is 22.9 Å². The largest absolute Gasteiger partial charge is 0.497 e. The molecule has 0 unspecified atom stereocenters. The lowest BCUT2D eigenvalue weighted by atomic mass is 10.1. The highest BCUT2D eigenvalue weighted by molar-refractivity contribution is 7.12. The van der Waals surface area contributed by atoms with Crippen molar-refractivity contribution in [2.45, 2.75) is 13.3 Å². The molecule has 0 aliphatic heterocycles. The van der Waals surface area contributed by atoms with E-state index in [1.165, 1.54) is 4.88 Å². The Kier molecular flexibility index (Phi) is 4.66. The van der Waals surface area contributed by atoms with Gasteiger partial charge in [0.2, 0.25) is 0 Å². The highest BCUT2D eigenvalue weighted by atomic mass is 35.5. The molecule has 0 atom stereocenters. The van der Waals surface area contributed by atoms with Crippen molar-refractivity contribution in [3.8, 4) is 22.8 Å². The summed E-state index contributed by atoms with van der Waals surface area (Å²) in [6, 6.07) is 5.72. The second kappa shape index (κ2) is 6.26. The van der Waals surface area contributed by atoms with Crippen molar-refractivity contribution in [1.29, 1.82) is 0 Å². The van der Waals surface area contributed by atoms with Crippen LogP contribution in [0.15, 0.2) is 18.2 Å². The second-order valence-corrected chi connectivity index (χ2v) is 5.68. The molecule has 1 aromatic heterocycles. The second-order valence-electron chi connectivity index (χ2n) is 4.01. The molecule has 19 heavy (non-hydrogen) atoms. The summed E-state index contributed by atoms with van der Waals surface area (Å²) in [6.07, 6.45) is 0.808. The van der Waals surface area contributed by atoms with Gasteiger partial charge in [0.15, 0.2) is 0 Å². The van der Waals surface area contributed by atoms with Crippen LogP contribution in [0.5, 0.6) is 11.5 Å². The minimum atomic E-state index is 0.584. The van der Waals surface area contributed by atoms with Gasteiger partial charge in [0.05, 0.1) is 24.9 Å².